The summed E-state index contributed by atoms with van der Waals surface area (Å²) in [7, 11) is 6.88. The molecule has 0 spiro atoms. The highest BCUT2D eigenvalue weighted by Crippen LogP contribution is 2.30. The lowest BCUT2D eigenvalue weighted by atomic mass is 9.84. The first-order valence-electron chi connectivity index (χ1n) is 28.9. The average molecular weight is 1130 g/mol. The summed E-state index contributed by atoms with van der Waals surface area (Å²) in [4.78, 5) is 66.3. The van der Waals surface area contributed by atoms with Gasteiger partial charge in [0.1, 0.15) is 11.5 Å². The van der Waals surface area contributed by atoms with Crippen LogP contribution in [0.5, 0.6) is 11.5 Å². The van der Waals surface area contributed by atoms with Gasteiger partial charge in [-0.15, -0.1) is 0 Å². The van der Waals surface area contributed by atoms with Crippen molar-refractivity contribution in [1.29, 1.82) is 0 Å². The molecule has 18 nitrogen and oxygen atoms in total. The van der Waals surface area contributed by atoms with Crippen LogP contribution in [0.25, 0.3) is 0 Å². The van der Waals surface area contributed by atoms with Gasteiger partial charge in [0, 0.05) is 52.2 Å². The highest BCUT2D eigenvalue weighted by Gasteiger charge is 2.27. The Kier molecular flexibility index (Phi) is 44.6. The van der Waals surface area contributed by atoms with Gasteiger partial charge in [-0.25, -0.2) is 24.0 Å². The van der Waals surface area contributed by atoms with Gasteiger partial charge < -0.3 is 56.8 Å². The molecule has 3 fully saturated rings. The molecule has 0 heterocycles. The molecule has 80 heavy (non-hydrogen) atoms. The van der Waals surface area contributed by atoms with Crippen LogP contribution in [0.4, 0.5) is 4.79 Å². The van der Waals surface area contributed by atoms with Crippen LogP contribution < -0.4 is 9.47 Å². The summed E-state index contributed by atoms with van der Waals surface area (Å²) in [5.74, 6) is 0.333. The second kappa shape index (κ2) is 49.3. The summed E-state index contributed by atoms with van der Waals surface area (Å²) in [5, 5.41) is 0. The SMILES string of the molecule is C=CC(=O)OCCCCCCC1CCC(OC)CC1.C=CC(=O)OCCCCCCOC1CCC(OC)CC1.C=CC(=O)OCCCCOC(=O)C1CCC(OC)CC1.C=CC(=O)OCCCCOC(=O)Oc1ccc(OC)cc1. The van der Waals surface area contributed by atoms with Crippen molar-refractivity contribution in [2.45, 2.75) is 185 Å². The summed E-state index contributed by atoms with van der Waals surface area (Å²) in [6.45, 7) is 16.4. The number of esters is 5. The quantitative estimate of drug-likeness (QED) is 0.0203. The van der Waals surface area contributed by atoms with E-state index < -0.39 is 18.1 Å². The standard InChI is InChI=1S/C16H28O4.C16H28O3.C15H18O6.C15H24O5/c1-3-16(17)20-13-7-5-4-6-12-19-15-10-8-14(18-2)9-11-15;1-3-16(17)19-13-7-5-4-6-8-14-9-11-15(18-2)12-10-14;1-3-14(16)19-10-4-5-11-20-15(17)21-13-8-6-12(18-2)7-9-13;1-3-14(16)19-10-4-5-11-20-15(17)12-6-8-13(18-2)9-7-12/h3,14-15H,1,4-13H2,2H3;3,14-15H,1,4-13H2,2H3;3,6-9H,1,4-5,10-11H2,2H3;3,12-13H,1,4-11H2,2H3. The zero-order chi connectivity index (χ0) is 58.9. The normalized spacial score (nSPS) is 19.1. The Morgan fingerprint density at radius 3 is 1.15 bits per heavy atom. The van der Waals surface area contributed by atoms with E-state index in [-0.39, 0.29) is 37.0 Å². The number of hydrogen-bond donors (Lipinski definition) is 0. The van der Waals surface area contributed by atoms with Crippen molar-refractivity contribution in [3.05, 3.63) is 74.9 Å². The largest absolute Gasteiger partial charge is 0.513 e. The zero-order valence-electron chi connectivity index (χ0n) is 48.9. The highest BCUT2D eigenvalue weighted by molar-refractivity contribution is 5.82. The van der Waals surface area contributed by atoms with Crippen molar-refractivity contribution in [2.75, 3.05) is 74.7 Å². The maximum absolute atomic E-state index is 11.8. The van der Waals surface area contributed by atoms with Crippen LogP contribution in [0.3, 0.4) is 0 Å². The van der Waals surface area contributed by atoms with Gasteiger partial charge in [-0.05, 0) is 159 Å². The Balaban J connectivity index is 0.000000534. The molecular formula is C62H98O18. The van der Waals surface area contributed by atoms with E-state index >= 15 is 0 Å². The summed E-state index contributed by atoms with van der Waals surface area (Å²) in [6, 6.07) is 6.57. The minimum atomic E-state index is -0.775. The molecule has 0 radical (unpaired) electrons. The first-order valence-corrected chi connectivity index (χ1v) is 28.9. The topological polar surface area (TPSA) is 213 Å². The zero-order valence-corrected chi connectivity index (χ0v) is 48.9. The maximum Gasteiger partial charge on any atom is 0.513 e. The number of carbonyl (C=O) groups excluding carboxylic acids is 6. The van der Waals surface area contributed by atoms with Crippen molar-refractivity contribution in [3.8, 4) is 11.5 Å². The molecular weight excluding hydrogens is 1030 g/mol. The van der Waals surface area contributed by atoms with Gasteiger partial charge in [-0.3, -0.25) is 4.79 Å². The molecule has 1 aromatic rings. The molecule has 0 N–H and O–H groups in total. The maximum atomic E-state index is 11.8. The second-order valence-corrected chi connectivity index (χ2v) is 19.7. The lowest BCUT2D eigenvalue weighted by molar-refractivity contribution is -0.151. The third-order valence-electron chi connectivity index (χ3n) is 13.8. The fraction of sp³-hybridized carbons (Fsp3) is 0.677. The van der Waals surface area contributed by atoms with E-state index in [1.54, 1.807) is 45.6 Å². The molecule has 0 aromatic heterocycles. The number of methoxy groups -OCH3 is 4. The van der Waals surface area contributed by atoms with E-state index in [0.717, 1.165) is 115 Å². The molecule has 18 heteroatoms. The summed E-state index contributed by atoms with van der Waals surface area (Å²) < 4.78 is 61.4. The molecule has 0 atom stereocenters. The fourth-order valence-corrected chi connectivity index (χ4v) is 8.87. The van der Waals surface area contributed by atoms with Crippen LogP contribution in [0.2, 0.25) is 0 Å². The van der Waals surface area contributed by atoms with E-state index in [1.807, 2.05) is 7.11 Å². The molecule has 3 aliphatic carbocycles. The highest BCUT2D eigenvalue weighted by atomic mass is 16.7. The van der Waals surface area contributed by atoms with Crippen LogP contribution in [0, 0.1) is 11.8 Å². The monoisotopic (exact) mass is 1130 g/mol. The predicted molar refractivity (Wildman–Crippen MR) is 305 cm³/mol. The Bertz CT molecular complexity index is 1830. The number of carbonyl (C=O) groups is 6. The van der Waals surface area contributed by atoms with Crippen molar-refractivity contribution in [3.63, 3.8) is 0 Å². The predicted octanol–water partition coefficient (Wildman–Crippen LogP) is 12.1. The van der Waals surface area contributed by atoms with Gasteiger partial charge in [0.15, 0.2) is 0 Å². The Morgan fingerprint density at radius 1 is 0.400 bits per heavy atom. The van der Waals surface area contributed by atoms with Gasteiger partial charge in [-0.2, -0.15) is 0 Å². The lowest BCUT2D eigenvalue weighted by Crippen LogP contribution is -2.27. The molecule has 0 saturated heterocycles. The minimum absolute atomic E-state index is 0.0139. The number of ether oxygens (including phenoxy) is 12. The summed E-state index contributed by atoms with van der Waals surface area (Å²) >= 11 is 0. The van der Waals surface area contributed by atoms with E-state index in [2.05, 4.69) is 26.3 Å². The van der Waals surface area contributed by atoms with E-state index in [4.69, 9.17) is 56.8 Å². The molecule has 0 aliphatic heterocycles. The van der Waals surface area contributed by atoms with Gasteiger partial charge in [0.25, 0.3) is 0 Å². The molecule has 454 valence electrons. The Morgan fingerprint density at radius 2 is 0.738 bits per heavy atom. The van der Waals surface area contributed by atoms with Crippen molar-refractivity contribution in [1.82, 2.24) is 0 Å². The van der Waals surface area contributed by atoms with Crippen LogP contribution in [0.1, 0.15) is 161 Å². The molecule has 3 aliphatic rings. The van der Waals surface area contributed by atoms with Crippen LogP contribution >= 0.6 is 0 Å². The Hall–Kier alpha value is -5.56. The molecule has 0 amide bonds. The third-order valence-corrected chi connectivity index (χ3v) is 13.8. The molecule has 0 unspecified atom stereocenters. The number of benzene rings is 1. The second-order valence-electron chi connectivity index (χ2n) is 19.7. The van der Waals surface area contributed by atoms with Gasteiger partial charge >= 0.3 is 36.0 Å². The lowest BCUT2D eigenvalue weighted by Gasteiger charge is -2.27. The molecule has 1 aromatic carbocycles. The summed E-state index contributed by atoms with van der Waals surface area (Å²) in [5.41, 5.74) is 0. The molecule has 4 rings (SSSR count). The van der Waals surface area contributed by atoms with Crippen molar-refractivity contribution >= 4 is 36.0 Å². The fourth-order valence-electron chi connectivity index (χ4n) is 8.87. The van der Waals surface area contributed by atoms with Crippen LogP contribution in [-0.4, -0.2) is 135 Å². The van der Waals surface area contributed by atoms with E-state index in [0.29, 0.717) is 88.0 Å². The van der Waals surface area contributed by atoms with E-state index in [9.17, 15) is 28.8 Å². The van der Waals surface area contributed by atoms with Crippen LogP contribution in [-0.2, 0) is 71.3 Å². The molecule has 0 bridgehead atoms. The first kappa shape index (κ1) is 72.5. The van der Waals surface area contributed by atoms with E-state index in [1.165, 1.54) is 57.1 Å². The third kappa shape index (κ3) is 38.9. The van der Waals surface area contributed by atoms with Gasteiger partial charge in [0.05, 0.1) is 77.1 Å². The van der Waals surface area contributed by atoms with Crippen molar-refractivity contribution in [2.24, 2.45) is 11.8 Å². The average Bonchev–Trinajstić information content (AvgIpc) is 3.49. The first-order chi connectivity index (χ1) is 38.8. The van der Waals surface area contributed by atoms with Gasteiger partial charge in [-0.1, -0.05) is 58.4 Å². The number of rotatable bonds is 35. The van der Waals surface area contributed by atoms with Crippen LogP contribution in [0.15, 0.2) is 74.9 Å². The van der Waals surface area contributed by atoms with Gasteiger partial charge in [0.2, 0.25) is 0 Å². The number of hydrogen-bond acceptors (Lipinski definition) is 18. The van der Waals surface area contributed by atoms with Crippen molar-refractivity contribution < 1.29 is 85.6 Å². The number of unbranched alkanes of at least 4 members (excludes halogenated alkanes) is 8. The minimum Gasteiger partial charge on any atom is -0.497 e. The summed E-state index contributed by atoms with van der Waals surface area (Å²) in [6.07, 6.45) is 31.4. The molecule has 3 saturated carbocycles. The smallest absolute Gasteiger partial charge is 0.497 e. The Labute approximate surface area is 477 Å².